The summed E-state index contributed by atoms with van der Waals surface area (Å²) in [4.78, 5) is 2.11. The molecule has 3 aliphatic rings. The fourth-order valence-electron chi connectivity index (χ4n) is 8.78. The lowest BCUT2D eigenvalue weighted by Gasteiger charge is -2.33. The second-order valence-corrected chi connectivity index (χ2v) is 13.9. The number of ether oxygens (including phenoxy) is 1. The number of anilines is 2. The van der Waals surface area contributed by atoms with Crippen LogP contribution in [0.4, 0.5) is 15.8 Å². The zero-order chi connectivity index (χ0) is 36.7. The fourth-order valence-corrected chi connectivity index (χ4v) is 8.78. The molecule has 1 unspecified atom stereocenters. The summed E-state index contributed by atoms with van der Waals surface area (Å²) in [6.07, 6.45) is 14.1. The predicted octanol–water partition coefficient (Wildman–Crippen LogP) is 13.7. The molecule has 0 amide bonds. The van der Waals surface area contributed by atoms with Gasteiger partial charge in [-0.25, -0.2) is 4.39 Å². The molecule has 1 spiro atoms. The lowest BCUT2D eigenvalue weighted by Crippen LogP contribution is -2.27. The summed E-state index contributed by atoms with van der Waals surface area (Å²) < 4.78 is 20.3. The number of para-hydroxylation sites is 1. The number of halogens is 1. The maximum atomic E-state index is 14.2. The van der Waals surface area contributed by atoms with Crippen LogP contribution in [0.25, 0.3) is 33.4 Å². The third-order valence-corrected chi connectivity index (χ3v) is 11.2. The van der Waals surface area contributed by atoms with Crippen LogP contribution in [0.5, 0.6) is 5.75 Å². The van der Waals surface area contributed by atoms with Crippen molar-refractivity contribution in [2.45, 2.75) is 32.6 Å². The maximum Gasteiger partial charge on any atom is 0.142 e. The second kappa shape index (κ2) is 13.7. The molecule has 0 fully saturated rings. The van der Waals surface area contributed by atoms with Gasteiger partial charge in [-0.1, -0.05) is 130 Å². The highest BCUT2D eigenvalue weighted by atomic mass is 19.1. The highest BCUT2D eigenvalue weighted by Gasteiger charge is 2.52. The normalized spacial score (nSPS) is 17.0. The van der Waals surface area contributed by atoms with Crippen LogP contribution in [0.2, 0.25) is 0 Å². The zero-order valence-corrected chi connectivity index (χ0v) is 30.4. The van der Waals surface area contributed by atoms with Crippen molar-refractivity contribution >= 4 is 22.5 Å². The number of benzene rings is 5. The monoisotopic (exact) mass is 691 g/mol. The quantitative estimate of drug-likeness (QED) is 0.150. The topological polar surface area (TPSA) is 12.5 Å². The molecule has 1 atom stereocenters. The van der Waals surface area contributed by atoms with E-state index >= 15 is 0 Å². The minimum Gasteiger partial charge on any atom is -0.464 e. The van der Waals surface area contributed by atoms with Crippen LogP contribution in [0.3, 0.4) is 0 Å². The van der Waals surface area contributed by atoms with Crippen LogP contribution in [0.15, 0.2) is 183 Å². The average Bonchev–Trinajstić information content (AvgIpc) is 3.63. The molecule has 5 aromatic carbocycles. The summed E-state index contributed by atoms with van der Waals surface area (Å²) in [7, 11) is 0. The van der Waals surface area contributed by atoms with Crippen molar-refractivity contribution in [3.05, 3.63) is 210 Å². The first kappa shape index (κ1) is 33.9. The summed E-state index contributed by atoms with van der Waals surface area (Å²) in [6.45, 7) is 15.2. The fraction of sp³-hybridized carbons (Fsp3) is 0.120. The first-order chi connectivity index (χ1) is 25.9. The van der Waals surface area contributed by atoms with Crippen molar-refractivity contribution in [2.75, 3.05) is 4.90 Å². The Hall–Kier alpha value is -6.19. The van der Waals surface area contributed by atoms with Crippen molar-refractivity contribution in [2.24, 2.45) is 5.92 Å². The molecule has 2 nitrogen and oxygen atoms in total. The van der Waals surface area contributed by atoms with Gasteiger partial charge in [-0.2, -0.15) is 0 Å². The minimum absolute atomic E-state index is 0.373. The van der Waals surface area contributed by atoms with E-state index in [1.165, 1.54) is 50.6 Å². The van der Waals surface area contributed by atoms with E-state index in [1.54, 1.807) is 12.3 Å². The van der Waals surface area contributed by atoms with Gasteiger partial charge in [-0.05, 0) is 117 Å². The molecule has 1 aliphatic heterocycles. The van der Waals surface area contributed by atoms with Crippen LogP contribution >= 0.6 is 0 Å². The number of rotatable bonds is 8. The summed E-state index contributed by atoms with van der Waals surface area (Å²) >= 11 is 0. The molecule has 53 heavy (non-hydrogen) atoms. The Morgan fingerprint density at radius 3 is 2.13 bits per heavy atom. The molecule has 0 N–H and O–H groups in total. The minimum atomic E-state index is -0.442. The largest absolute Gasteiger partial charge is 0.464 e. The molecule has 2 aliphatic carbocycles. The van der Waals surface area contributed by atoms with Crippen LogP contribution in [0, 0.1) is 5.92 Å². The van der Waals surface area contributed by atoms with Gasteiger partial charge in [0.15, 0.2) is 0 Å². The lowest BCUT2D eigenvalue weighted by atomic mass is 9.70. The van der Waals surface area contributed by atoms with E-state index in [9.17, 15) is 4.39 Å². The van der Waals surface area contributed by atoms with Crippen molar-refractivity contribution in [3.63, 3.8) is 0 Å². The standard InChI is InChI=1S/C50H42FNO/c1-6-15-37(29-30-51)52(38-25-23-36(24-26-38)41-20-14-19-40-34(4)16-12-13-31-53-49(40)41)39-27-28-44-47(32-39)50(35(5)48(44)33(3)7-2)45-21-10-8-17-42(45)43-18-9-11-22-46(43)50/h6,8-33H,1,4,7H2,2-3,5H3/b16-12-,30-29-,31-13-,37-15+. The molecule has 0 bridgehead atoms. The summed E-state index contributed by atoms with van der Waals surface area (Å²) in [5, 5.41) is 0. The van der Waals surface area contributed by atoms with E-state index in [-0.39, 0.29) is 0 Å². The Morgan fingerprint density at radius 2 is 1.45 bits per heavy atom. The van der Waals surface area contributed by atoms with Gasteiger partial charge < -0.3 is 9.64 Å². The zero-order valence-electron chi connectivity index (χ0n) is 30.4. The first-order valence-electron chi connectivity index (χ1n) is 18.3. The van der Waals surface area contributed by atoms with Crippen molar-refractivity contribution in [1.82, 2.24) is 0 Å². The van der Waals surface area contributed by atoms with Gasteiger partial charge in [0, 0.05) is 28.2 Å². The molecule has 5 aromatic rings. The Bertz CT molecular complexity index is 2390. The van der Waals surface area contributed by atoms with E-state index in [2.05, 4.69) is 136 Å². The van der Waals surface area contributed by atoms with Gasteiger partial charge in [0.05, 0.1) is 18.0 Å². The molecule has 260 valence electrons. The second-order valence-electron chi connectivity index (χ2n) is 13.9. The van der Waals surface area contributed by atoms with Crippen molar-refractivity contribution in [3.8, 4) is 28.0 Å². The molecule has 1 heterocycles. The Labute approximate surface area is 312 Å². The predicted molar refractivity (Wildman–Crippen MR) is 221 cm³/mol. The molecule has 0 saturated heterocycles. The Morgan fingerprint density at radius 1 is 0.792 bits per heavy atom. The van der Waals surface area contributed by atoms with Crippen molar-refractivity contribution in [1.29, 1.82) is 0 Å². The Balaban J connectivity index is 1.32. The van der Waals surface area contributed by atoms with E-state index in [4.69, 9.17) is 4.74 Å². The smallest absolute Gasteiger partial charge is 0.142 e. The van der Waals surface area contributed by atoms with Gasteiger partial charge >= 0.3 is 0 Å². The summed E-state index contributed by atoms with van der Waals surface area (Å²) in [6, 6.07) is 39.0. The van der Waals surface area contributed by atoms with Gasteiger partial charge in [0.2, 0.25) is 0 Å². The first-order valence-corrected chi connectivity index (χ1v) is 18.3. The SMILES string of the molecule is C=C/C=C(\C=C/F)N(c1ccc(-c2cccc3c2O/C=C\C=C/C3=C)cc1)c1ccc2c(c1)C1(C(C)=C2C(C)CC)c2ccccc2-c2ccccc21. The molecular weight excluding hydrogens is 650 g/mol. The summed E-state index contributed by atoms with van der Waals surface area (Å²) in [5.74, 6) is 1.13. The van der Waals surface area contributed by atoms with E-state index in [1.807, 2.05) is 36.4 Å². The van der Waals surface area contributed by atoms with Gasteiger partial charge in [-0.15, -0.1) is 0 Å². The van der Waals surface area contributed by atoms with Crippen molar-refractivity contribution < 1.29 is 9.13 Å². The van der Waals surface area contributed by atoms with Crippen LogP contribution < -0.4 is 9.64 Å². The van der Waals surface area contributed by atoms with Crippen LogP contribution in [0.1, 0.15) is 55.0 Å². The lowest BCUT2D eigenvalue weighted by molar-refractivity contribution is 0.481. The van der Waals surface area contributed by atoms with Gasteiger partial charge in [0.1, 0.15) is 5.75 Å². The molecular formula is C50H42FNO. The van der Waals surface area contributed by atoms with Crippen LogP contribution in [-0.4, -0.2) is 0 Å². The highest BCUT2D eigenvalue weighted by molar-refractivity contribution is 5.95. The van der Waals surface area contributed by atoms with Gasteiger partial charge in [0.25, 0.3) is 0 Å². The Kier molecular flexibility index (Phi) is 8.80. The number of hydrogen-bond acceptors (Lipinski definition) is 2. The van der Waals surface area contributed by atoms with E-state index in [0.717, 1.165) is 45.8 Å². The third kappa shape index (κ3) is 5.30. The number of nitrogens with zero attached hydrogens (tertiary/aromatic N) is 1. The van der Waals surface area contributed by atoms with E-state index < -0.39 is 5.41 Å². The molecule has 0 radical (unpaired) electrons. The average molecular weight is 692 g/mol. The molecule has 8 rings (SSSR count). The third-order valence-electron chi connectivity index (χ3n) is 11.2. The van der Waals surface area contributed by atoms with Gasteiger partial charge in [-0.3, -0.25) is 0 Å². The highest BCUT2D eigenvalue weighted by Crippen LogP contribution is 2.63. The number of allylic oxidation sites excluding steroid dienone is 9. The number of hydrogen-bond donors (Lipinski definition) is 0. The number of fused-ring (bicyclic) bond motifs is 8. The van der Waals surface area contributed by atoms with Crippen LogP contribution in [-0.2, 0) is 5.41 Å². The summed E-state index contributed by atoms with van der Waals surface area (Å²) in [5.41, 5.74) is 16.3. The molecule has 0 aromatic heterocycles. The molecule has 0 saturated carbocycles. The van der Waals surface area contributed by atoms with E-state index in [0.29, 0.717) is 17.9 Å². The molecule has 3 heteroatoms. The maximum absolute atomic E-state index is 14.2.